The van der Waals surface area contributed by atoms with Crippen molar-refractivity contribution in [3.05, 3.63) is 23.3 Å². The average molecular weight is 267 g/mol. The highest BCUT2D eigenvalue weighted by Crippen LogP contribution is 2.33. The molecule has 4 nitrogen and oxygen atoms in total. The molecule has 0 amide bonds. The Hall–Kier alpha value is -1.26. The van der Waals surface area contributed by atoms with Gasteiger partial charge in [-0.15, -0.1) is 0 Å². The number of aryl methyl sites for hydroxylation is 1. The van der Waals surface area contributed by atoms with Crippen LogP contribution in [0, 0.1) is 6.92 Å². The molecule has 0 heterocycles. The second kappa shape index (κ2) is 6.78. The van der Waals surface area contributed by atoms with Crippen molar-refractivity contribution in [3.8, 4) is 5.75 Å². The molecular formula is C15H25NO3. The van der Waals surface area contributed by atoms with Gasteiger partial charge in [-0.1, -0.05) is 13.8 Å². The van der Waals surface area contributed by atoms with Gasteiger partial charge in [-0.25, -0.2) is 0 Å². The van der Waals surface area contributed by atoms with E-state index in [0.29, 0.717) is 12.5 Å². The van der Waals surface area contributed by atoms with Crippen molar-refractivity contribution in [3.63, 3.8) is 0 Å². The molecule has 0 aliphatic heterocycles. The first-order valence-electron chi connectivity index (χ1n) is 6.59. The molecule has 1 aromatic rings. The molecule has 2 N–H and O–H groups in total. The fourth-order valence-electron chi connectivity index (χ4n) is 2.20. The van der Waals surface area contributed by atoms with E-state index in [1.54, 1.807) is 7.11 Å². The molecule has 108 valence electrons. The number of aliphatic hydroxyl groups excluding tert-OH is 2. The van der Waals surface area contributed by atoms with Crippen LogP contribution in [0.5, 0.6) is 5.75 Å². The zero-order chi connectivity index (χ0) is 14.6. The van der Waals surface area contributed by atoms with E-state index in [-0.39, 0.29) is 6.61 Å². The Morgan fingerprint density at radius 1 is 1.32 bits per heavy atom. The van der Waals surface area contributed by atoms with E-state index in [0.717, 1.165) is 22.6 Å². The van der Waals surface area contributed by atoms with Crippen molar-refractivity contribution in [2.75, 3.05) is 32.2 Å². The fourth-order valence-corrected chi connectivity index (χ4v) is 2.20. The smallest absolute Gasteiger partial charge is 0.122 e. The van der Waals surface area contributed by atoms with Gasteiger partial charge in [0.2, 0.25) is 0 Å². The summed E-state index contributed by atoms with van der Waals surface area (Å²) >= 11 is 0. The third-order valence-electron chi connectivity index (χ3n) is 3.28. The van der Waals surface area contributed by atoms with Gasteiger partial charge in [0.25, 0.3) is 0 Å². The van der Waals surface area contributed by atoms with Gasteiger partial charge in [0.05, 0.1) is 19.8 Å². The maximum Gasteiger partial charge on any atom is 0.122 e. The Morgan fingerprint density at radius 2 is 1.95 bits per heavy atom. The van der Waals surface area contributed by atoms with E-state index in [2.05, 4.69) is 19.9 Å². The normalized spacial score (nSPS) is 12.6. The highest BCUT2D eigenvalue weighted by Gasteiger charge is 2.15. The van der Waals surface area contributed by atoms with Crippen LogP contribution >= 0.6 is 0 Å². The maximum absolute atomic E-state index is 9.54. The minimum absolute atomic E-state index is 0.226. The lowest BCUT2D eigenvalue weighted by Gasteiger charge is -2.25. The van der Waals surface area contributed by atoms with E-state index < -0.39 is 6.10 Å². The van der Waals surface area contributed by atoms with Crippen LogP contribution in [-0.2, 0) is 0 Å². The van der Waals surface area contributed by atoms with Crippen LogP contribution in [0.1, 0.15) is 30.9 Å². The zero-order valence-corrected chi connectivity index (χ0v) is 12.5. The van der Waals surface area contributed by atoms with Crippen LogP contribution in [0.4, 0.5) is 5.69 Å². The summed E-state index contributed by atoms with van der Waals surface area (Å²) < 4.78 is 5.42. The number of hydrogen-bond acceptors (Lipinski definition) is 4. The van der Waals surface area contributed by atoms with Gasteiger partial charge in [-0.3, -0.25) is 0 Å². The molecule has 1 rings (SSSR count). The molecule has 1 atom stereocenters. The van der Waals surface area contributed by atoms with Crippen LogP contribution in [0.25, 0.3) is 0 Å². The molecule has 0 fully saturated rings. The van der Waals surface area contributed by atoms with Gasteiger partial charge in [0.1, 0.15) is 5.75 Å². The predicted molar refractivity (Wildman–Crippen MR) is 78.2 cm³/mol. The first kappa shape index (κ1) is 15.8. The molecule has 19 heavy (non-hydrogen) atoms. The van der Waals surface area contributed by atoms with Crippen molar-refractivity contribution in [1.29, 1.82) is 0 Å². The van der Waals surface area contributed by atoms with Gasteiger partial charge in [-0.05, 0) is 36.1 Å². The number of nitrogens with zero attached hydrogens (tertiary/aromatic N) is 1. The monoisotopic (exact) mass is 267 g/mol. The number of rotatable bonds is 6. The first-order valence-corrected chi connectivity index (χ1v) is 6.59. The van der Waals surface area contributed by atoms with Crippen LogP contribution in [-0.4, -0.2) is 43.6 Å². The summed E-state index contributed by atoms with van der Waals surface area (Å²) in [4.78, 5) is 1.96. The molecule has 0 bridgehead atoms. The SMILES string of the molecule is COc1cc(C)c(N(C)CC(O)CO)cc1C(C)C. The number of aliphatic hydroxyl groups is 2. The molecule has 0 saturated heterocycles. The molecule has 1 unspecified atom stereocenters. The molecular weight excluding hydrogens is 242 g/mol. The van der Waals surface area contributed by atoms with Crippen LogP contribution in [0.2, 0.25) is 0 Å². The topological polar surface area (TPSA) is 52.9 Å². The minimum Gasteiger partial charge on any atom is -0.496 e. The number of anilines is 1. The third-order valence-corrected chi connectivity index (χ3v) is 3.28. The van der Waals surface area contributed by atoms with Gasteiger partial charge < -0.3 is 19.8 Å². The third kappa shape index (κ3) is 3.85. The quantitative estimate of drug-likeness (QED) is 0.827. The van der Waals surface area contributed by atoms with Gasteiger partial charge in [0, 0.05) is 19.3 Å². The standard InChI is InChI=1S/C15H25NO3/c1-10(2)13-7-14(11(3)6-15(13)19-5)16(4)8-12(18)9-17/h6-7,10,12,17-18H,8-9H2,1-5H3. The van der Waals surface area contributed by atoms with Crippen molar-refractivity contribution in [2.24, 2.45) is 0 Å². The Balaban J connectivity index is 3.10. The average Bonchev–Trinajstić information content (AvgIpc) is 2.37. The second-order valence-electron chi connectivity index (χ2n) is 5.25. The molecule has 0 saturated carbocycles. The van der Waals surface area contributed by atoms with Gasteiger partial charge in [0.15, 0.2) is 0 Å². The Kier molecular flexibility index (Phi) is 5.63. The summed E-state index contributed by atoms with van der Waals surface area (Å²) in [7, 11) is 3.59. The van der Waals surface area contributed by atoms with Crippen LogP contribution in [0.3, 0.4) is 0 Å². The summed E-state index contributed by atoms with van der Waals surface area (Å²) in [6.07, 6.45) is -0.728. The van der Waals surface area contributed by atoms with E-state index in [1.807, 2.05) is 24.9 Å². The van der Waals surface area contributed by atoms with Gasteiger partial charge in [-0.2, -0.15) is 0 Å². The lowest BCUT2D eigenvalue weighted by Crippen LogP contribution is -2.31. The largest absolute Gasteiger partial charge is 0.496 e. The first-order chi connectivity index (χ1) is 8.90. The molecule has 1 aromatic carbocycles. The summed E-state index contributed by atoms with van der Waals surface area (Å²) in [6.45, 7) is 6.45. The number of ether oxygens (including phenoxy) is 1. The predicted octanol–water partition coefficient (Wildman–Crippen LogP) is 1.92. The Bertz CT molecular complexity index is 418. The lowest BCUT2D eigenvalue weighted by molar-refractivity contribution is 0.101. The lowest BCUT2D eigenvalue weighted by atomic mass is 9.98. The van der Waals surface area contributed by atoms with E-state index in [9.17, 15) is 5.11 Å². The summed E-state index contributed by atoms with van der Waals surface area (Å²) in [5, 5.41) is 18.5. The molecule has 0 radical (unpaired) electrons. The highest BCUT2D eigenvalue weighted by molar-refractivity contribution is 5.59. The fraction of sp³-hybridized carbons (Fsp3) is 0.600. The number of methoxy groups -OCH3 is 1. The van der Waals surface area contributed by atoms with Crippen LogP contribution < -0.4 is 9.64 Å². The summed E-state index contributed by atoms with van der Waals surface area (Å²) in [5.41, 5.74) is 3.29. The van der Waals surface area contributed by atoms with E-state index >= 15 is 0 Å². The highest BCUT2D eigenvalue weighted by atomic mass is 16.5. The summed E-state index contributed by atoms with van der Waals surface area (Å²) in [6, 6.07) is 4.12. The second-order valence-corrected chi connectivity index (χ2v) is 5.25. The molecule has 0 aliphatic carbocycles. The number of likely N-dealkylation sites (N-methyl/N-ethyl adjacent to an activating group) is 1. The van der Waals surface area contributed by atoms with Crippen molar-refractivity contribution in [1.82, 2.24) is 0 Å². The minimum atomic E-state index is -0.728. The van der Waals surface area contributed by atoms with Gasteiger partial charge >= 0.3 is 0 Å². The Labute approximate surface area is 115 Å². The summed E-state index contributed by atoms with van der Waals surface area (Å²) in [5.74, 6) is 1.26. The number of hydrogen-bond donors (Lipinski definition) is 2. The molecule has 0 spiro atoms. The molecule has 0 aliphatic rings. The Morgan fingerprint density at radius 3 is 2.42 bits per heavy atom. The van der Waals surface area contributed by atoms with Crippen molar-refractivity contribution in [2.45, 2.75) is 32.8 Å². The van der Waals surface area contributed by atoms with Crippen molar-refractivity contribution >= 4 is 5.69 Å². The molecule has 0 aromatic heterocycles. The van der Waals surface area contributed by atoms with Crippen molar-refractivity contribution < 1.29 is 14.9 Å². The van der Waals surface area contributed by atoms with E-state index in [4.69, 9.17) is 9.84 Å². The zero-order valence-electron chi connectivity index (χ0n) is 12.5. The molecule has 4 heteroatoms. The maximum atomic E-state index is 9.54. The van der Waals surface area contributed by atoms with Crippen LogP contribution in [0.15, 0.2) is 12.1 Å². The van der Waals surface area contributed by atoms with E-state index in [1.165, 1.54) is 0 Å². The number of benzene rings is 1.